The summed E-state index contributed by atoms with van der Waals surface area (Å²) in [5.41, 5.74) is 1.39. The Kier molecular flexibility index (Phi) is 6.69. The van der Waals surface area contributed by atoms with Crippen molar-refractivity contribution < 1.29 is 9.18 Å². The highest BCUT2D eigenvalue weighted by Crippen LogP contribution is 2.15. The van der Waals surface area contributed by atoms with Crippen LogP contribution in [0, 0.1) is 12.7 Å². The molecular weight excluding hydrogens is 231 g/mol. The topological polar surface area (TPSA) is 41.1 Å². The SMILES string of the molecule is CNCCC(=O)Nc1ccc(F)cc1C.Cl. The standard InChI is InChI=1S/C11H15FN2O.ClH/c1-8-7-9(12)3-4-10(8)14-11(15)5-6-13-2;/h3-4,7,13H,5-6H2,1-2H3,(H,14,15);1H. The molecule has 0 fully saturated rings. The van der Waals surface area contributed by atoms with E-state index in [1.165, 1.54) is 12.1 Å². The first-order valence-corrected chi connectivity index (χ1v) is 4.84. The molecule has 0 saturated carbocycles. The summed E-state index contributed by atoms with van der Waals surface area (Å²) >= 11 is 0. The summed E-state index contributed by atoms with van der Waals surface area (Å²) in [6, 6.07) is 4.30. The maximum absolute atomic E-state index is 12.8. The van der Waals surface area contributed by atoms with Crippen molar-refractivity contribution in [1.82, 2.24) is 5.32 Å². The van der Waals surface area contributed by atoms with E-state index in [1.54, 1.807) is 20.0 Å². The second kappa shape index (κ2) is 7.19. The normalized spacial score (nSPS) is 9.44. The second-order valence-electron chi connectivity index (χ2n) is 3.36. The third-order valence-electron chi connectivity index (χ3n) is 2.06. The van der Waals surface area contributed by atoms with E-state index < -0.39 is 0 Å². The molecule has 2 N–H and O–H groups in total. The van der Waals surface area contributed by atoms with Crippen LogP contribution in [-0.4, -0.2) is 19.5 Å². The summed E-state index contributed by atoms with van der Waals surface area (Å²) < 4.78 is 12.8. The van der Waals surface area contributed by atoms with Crippen LogP contribution >= 0.6 is 12.4 Å². The van der Waals surface area contributed by atoms with Crippen LogP contribution in [0.15, 0.2) is 18.2 Å². The van der Waals surface area contributed by atoms with Gasteiger partial charge in [-0.1, -0.05) is 0 Å². The van der Waals surface area contributed by atoms with Crippen LogP contribution in [0.3, 0.4) is 0 Å². The third-order valence-corrected chi connectivity index (χ3v) is 2.06. The first kappa shape index (κ1) is 14.9. The lowest BCUT2D eigenvalue weighted by molar-refractivity contribution is -0.116. The van der Waals surface area contributed by atoms with Gasteiger partial charge in [0.2, 0.25) is 5.91 Å². The molecule has 1 aromatic carbocycles. The van der Waals surface area contributed by atoms with Crippen molar-refractivity contribution in [2.75, 3.05) is 18.9 Å². The fraction of sp³-hybridized carbons (Fsp3) is 0.364. The zero-order valence-corrected chi connectivity index (χ0v) is 10.2. The number of anilines is 1. The molecular formula is C11H16ClFN2O. The predicted octanol–water partition coefficient (Wildman–Crippen LogP) is 2.10. The van der Waals surface area contributed by atoms with Crippen LogP contribution in [0.2, 0.25) is 0 Å². The van der Waals surface area contributed by atoms with E-state index in [0.29, 0.717) is 18.7 Å². The summed E-state index contributed by atoms with van der Waals surface area (Å²) in [4.78, 5) is 11.4. The fourth-order valence-electron chi connectivity index (χ4n) is 1.22. The number of amides is 1. The van der Waals surface area contributed by atoms with Gasteiger partial charge in [-0.15, -0.1) is 12.4 Å². The van der Waals surface area contributed by atoms with Gasteiger partial charge in [-0.3, -0.25) is 4.79 Å². The van der Waals surface area contributed by atoms with Crippen molar-refractivity contribution in [3.63, 3.8) is 0 Å². The van der Waals surface area contributed by atoms with Gasteiger partial charge >= 0.3 is 0 Å². The maximum atomic E-state index is 12.8. The Hall–Kier alpha value is -1.13. The molecule has 0 aliphatic carbocycles. The van der Waals surface area contributed by atoms with Crippen LogP contribution in [0.1, 0.15) is 12.0 Å². The summed E-state index contributed by atoms with van der Waals surface area (Å²) in [5.74, 6) is -0.361. The average Bonchev–Trinajstić information content (AvgIpc) is 2.19. The van der Waals surface area contributed by atoms with Gasteiger partial charge < -0.3 is 10.6 Å². The van der Waals surface area contributed by atoms with Gasteiger partial charge in [0.25, 0.3) is 0 Å². The Morgan fingerprint density at radius 1 is 1.44 bits per heavy atom. The van der Waals surface area contributed by atoms with E-state index in [2.05, 4.69) is 10.6 Å². The highest BCUT2D eigenvalue weighted by atomic mass is 35.5. The van der Waals surface area contributed by atoms with Gasteiger partial charge in [0.1, 0.15) is 5.82 Å². The van der Waals surface area contributed by atoms with Crippen LogP contribution in [0.5, 0.6) is 0 Å². The minimum atomic E-state index is -0.291. The Morgan fingerprint density at radius 3 is 2.69 bits per heavy atom. The average molecular weight is 247 g/mol. The largest absolute Gasteiger partial charge is 0.326 e. The number of benzene rings is 1. The van der Waals surface area contributed by atoms with Gasteiger partial charge in [-0.25, -0.2) is 4.39 Å². The number of nitrogens with one attached hydrogen (secondary N) is 2. The lowest BCUT2D eigenvalue weighted by Crippen LogP contribution is -2.19. The number of hydrogen-bond acceptors (Lipinski definition) is 2. The molecule has 1 amide bonds. The third kappa shape index (κ3) is 4.59. The summed E-state index contributed by atoms with van der Waals surface area (Å²) in [6.07, 6.45) is 0.410. The van der Waals surface area contributed by atoms with Crippen molar-refractivity contribution in [2.45, 2.75) is 13.3 Å². The van der Waals surface area contributed by atoms with Gasteiger partial charge in [0, 0.05) is 18.7 Å². The molecule has 90 valence electrons. The van der Waals surface area contributed by atoms with Crippen LogP contribution in [-0.2, 0) is 4.79 Å². The fourth-order valence-corrected chi connectivity index (χ4v) is 1.22. The molecule has 5 heteroatoms. The van der Waals surface area contributed by atoms with Crippen molar-refractivity contribution in [2.24, 2.45) is 0 Å². The first-order valence-electron chi connectivity index (χ1n) is 4.84. The number of carbonyl (C=O) groups is 1. The number of hydrogen-bond donors (Lipinski definition) is 2. The zero-order valence-electron chi connectivity index (χ0n) is 9.34. The molecule has 0 aliphatic rings. The molecule has 0 bridgehead atoms. The summed E-state index contributed by atoms with van der Waals surface area (Å²) in [7, 11) is 1.79. The molecule has 1 rings (SSSR count). The van der Waals surface area contributed by atoms with Crippen molar-refractivity contribution in [1.29, 1.82) is 0 Å². The lowest BCUT2D eigenvalue weighted by atomic mass is 10.2. The minimum absolute atomic E-state index is 0. The lowest BCUT2D eigenvalue weighted by Gasteiger charge is -2.07. The van der Waals surface area contributed by atoms with Crippen molar-refractivity contribution in [3.05, 3.63) is 29.6 Å². The van der Waals surface area contributed by atoms with Crippen LogP contribution < -0.4 is 10.6 Å². The molecule has 0 aliphatic heterocycles. The van der Waals surface area contributed by atoms with Gasteiger partial charge in [-0.05, 0) is 37.7 Å². The minimum Gasteiger partial charge on any atom is -0.326 e. The van der Waals surface area contributed by atoms with Crippen molar-refractivity contribution >= 4 is 24.0 Å². The molecule has 1 aromatic rings. The summed E-state index contributed by atoms with van der Waals surface area (Å²) in [5, 5.41) is 5.61. The Morgan fingerprint density at radius 2 is 2.12 bits per heavy atom. The van der Waals surface area contributed by atoms with Crippen LogP contribution in [0.4, 0.5) is 10.1 Å². The number of aryl methyl sites for hydroxylation is 1. The Balaban J connectivity index is 0.00000225. The highest BCUT2D eigenvalue weighted by molar-refractivity contribution is 5.91. The van der Waals surface area contributed by atoms with Gasteiger partial charge in [0.15, 0.2) is 0 Å². The Labute approximate surface area is 101 Å². The second-order valence-corrected chi connectivity index (χ2v) is 3.36. The number of halogens is 2. The molecule has 16 heavy (non-hydrogen) atoms. The molecule has 0 radical (unpaired) electrons. The predicted molar refractivity (Wildman–Crippen MR) is 65.6 cm³/mol. The van der Waals surface area contributed by atoms with Crippen LogP contribution in [0.25, 0.3) is 0 Å². The highest BCUT2D eigenvalue weighted by Gasteiger charge is 2.04. The molecule has 0 spiro atoms. The molecule has 3 nitrogen and oxygen atoms in total. The van der Waals surface area contributed by atoms with E-state index in [0.717, 1.165) is 5.56 Å². The molecule has 0 atom stereocenters. The van der Waals surface area contributed by atoms with E-state index in [-0.39, 0.29) is 24.1 Å². The van der Waals surface area contributed by atoms with Crippen molar-refractivity contribution in [3.8, 4) is 0 Å². The monoisotopic (exact) mass is 246 g/mol. The molecule has 0 heterocycles. The maximum Gasteiger partial charge on any atom is 0.225 e. The Bertz CT molecular complexity index is 358. The van der Waals surface area contributed by atoms with Gasteiger partial charge in [0.05, 0.1) is 0 Å². The summed E-state index contributed by atoms with van der Waals surface area (Å²) in [6.45, 7) is 2.39. The number of rotatable bonds is 4. The molecule has 0 saturated heterocycles. The van der Waals surface area contributed by atoms with E-state index >= 15 is 0 Å². The number of carbonyl (C=O) groups excluding carboxylic acids is 1. The van der Waals surface area contributed by atoms with Gasteiger partial charge in [-0.2, -0.15) is 0 Å². The van der Waals surface area contributed by atoms with E-state index in [4.69, 9.17) is 0 Å². The first-order chi connectivity index (χ1) is 7.13. The smallest absolute Gasteiger partial charge is 0.225 e. The molecule has 0 aromatic heterocycles. The zero-order chi connectivity index (χ0) is 11.3. The molecule has 0 unspecified atom stereocenters. The van der Waals surface area contributed by atoms with E-state index in [1.807, 2.05) is 0 Å². The quantitative estimate of drug-likeness (QED) is 0.854. The van der Waals surface area contributed by atoms with E-state index in [9.17, 15) is 9.18 Å².